The smallest absolute Gasteiger partial charge is 0.191 e. The van der Waals surface area contributed by atoms with Gasteiger partial charge in [-0.2, -0.15) is 5.10 Å². The molecule has 0 saturated heterocycles. The van der Waals surface area contributed by atoms with Gasteiger partial charge in [0.2, 0.25) is 0 Å². The Kier molecular flexibility index (Phi) is 7.14. The first-order chi connectivity index (χ1) is 11.7. The Balaban J connectivity index is 1.57. The second-order valence-electron chi connectivity index (χ2n) is 5.71. The standard InChI is InChI=1S/C18H27N5O/c1-15-6-8-17(9-7-15)24-12-11-21-18(19-2)20-10-4-5-16-13-22-23(3)14-16/h6-9,13-14H,4-5,10-12H2,1-3H3,(H2,19,20,21). The van der Waals surface area contributed by atoms with Crippen LogP contribution in [0.15, 0.2) is 41.7 Å². The third kappa shape index (κ3) is 6.32. The van der Waals surface area contributed by atoms with Gasteiger partial charge < -0.3 is 15.4 Å². The second kappa shape index (κ2) is 9.60. The number of hydrogen-bond acceptors (Lipinski definition) is 3. The van der Waals surface area contributed by atoms with E-state index in [-0.39, 0.29) is 0 Å². The summed E-state index contributed by atoms with van der Waals surface area (Å²) >= 11 is 0. The number of rotatable bonds is 8. The molecule has 2 N–H and O–H groups in total. The van der Waals surface area contributed by atoms with Crippen LogP contribution in [0.2, 0.25) is 0 Å². The van der Waals surface area contributed by atoms with Crippen LogP contribution in [0.5, 0.6) is 5.75 Å². The van der Waals surface area contributed by atoms with E-state index < -0.39 is 0 Å². The molecule has 2 rings (SSSR count). The molecule has 24 heavy (non-hydrogen) atoms. The van der Waals surface area contributed by atoms with Gasteiger partial charge in [0.1, 0.15) is 12.4 Å². The van der Waals surface area contributed by atoms with Crippen LogP contribution in [0.3, 0.4) is 0 Å². The van der Waals surface area contributed by atoms with Gasteiger partial charge in [-0.15, -0.1) is 0 Å². The fraction of sp³-hybridized carbons (Fsp3) is 0.444. The molecule has 6 nitrogen and oxygen atoms in total. The van der Waals surface area contributed by atoms with Gasteiger partial charge in [-0.3, -0.25) is 9.67 Å². The van der Waals surface area contributed by atoms with Crippen LogP contribution in [-0.4, -0.2) is 42.5 Å². The van der Waals surface area contributed by atoms with Crippen molar-refractivity contribution in [3.8, 4) is 5.75 Å². The topological polar surface area (TPSA) is 63.5 Å². The van der Waals surface area contributed by atoms with E-state index in [1.54, 1.807) is 7.05 Å². The predicted molar refractivity (Wildman–Crippen MR) is 97.6 cm³/mol. The third-order valence-electron chi connectivity index (χ3n) is 3.60. The zero-order valence-electron chi connectivity index (χ0n) is 14.7. The maximum atomic E-state index is 5.69. The van der Waals surface area contributed by atoms with E-state index in [0.717, 1.165) is 31.1 Å². The van der Waals surface area contributed by atoms with Crippen molar-refractivity contribution in [3.05, 3.63) is 47.8 Å². The van der Waals surface area contributed by atoms with Crippen LogP contribution in [0, 0.1) is 6.92 Å². The lowest BCUT2D eigenvalue weighted by molar-refractivity contribution is 0.322. The van der Waals surface area contributed by atoms with Crippen molar-refractivity contribution in [1.82, 2.24) is 20.4 Å². The van der Waals surface area contributed by atoms with E-state index >= 15 is 0 Å². The van der Waals surface area contributed by atoms with Crippen LogP contribution in [0.1, 0.15) is 17.5 Å². The minimum Gasteiger partial charge on any atom is -0.492 e. The Bertz CT molecular complexity index is 633. The monoisotopic (exact) mass is 329 g/mol. The lowest BCUT2D eigenvalue weighted by atomic mass is 10.2. The molecular formula is C18H27N5O. The first-order valence-corrected chi connectivity index (χ1v) is 8.29. The highest BCUT2D eigenvalue weighted by Gasteiger charge is 1.99. The van der Waals surface area contributed by atoms with E-state index in [0.29, 0.717) is 13.2 Å². The molecule has 2 aromatic rings. The molecule has 0 spiro atoms. The summed E-state index contributed by atoms with van der Waals surface area (Å²) in [5, 5.41) is 10.7. The Morgan fingerprint density at radius 3 is 2.62 bits per heavy atom. The summed E-state index contributed by atoms with van der Waals surface area (Å²) in [6, 6.07) is 8.07. The number of guanidine groups is 1. The summed E-state index contributed by atoms with van der Waals surface area (Å²) in [6.07, 6.45) is 6.01. The molecule has 0 fully saturated rings. The van der Waals surface area contributed by atoms with Gasteiger partial charge in [0.25, 0.3) is 0 Å². The van der Waals surface area contributed by atoms with Crippen LogP contribution in [0.25, 0.3) is 0 Å². The van der Waals surface area contributed by atoms with E-state index in [9.17, 15) is 0 Å². The molecule has 1 aromatic heterocycles. The van der Waals surface area contributed by atoms with Crippen LogP contribution in [-0.2, 0) is 13.5 Å². The first-order valence-electron chi connectivity index (χ1n) is 8.29. The lowest BCUT2D eigenvalue weighted by Gasteiger charge is -2.12. The number of nitrogens with zero attached hydrogens (tertiary/aromatic N) is 3. The summed E-state index contributed by atoms with van der Waals surface area (Å²) in [7, 11) is 3.71. The molecule has 1 heterocycles. The van der Waals surface area contributed by atoms with Gasteiger partial charge in [-0.25, -0.2) is 0 Å². The van der Waals surface area contributed by atoms with Crippen molar-refractivity contribution in [2.24, 2.45) is 12.0 Å². The highest BCUT2D eigenvalue weighted by Crippen LogP contribution is 2.10. The zero-order chi connectivity index (χ0) is 17.2. The van der Waals surface area contributed by atoms with Crippen molar-refractivity contribution >= 4 is 5.96 Å². The van der Waals surface area contributed by atoms with Gasteiger partial charge in [-0.1, -0.05) is 17.7 Å². The quantitative estimate of drug-likeness (QED) is 0.441. The van der Waals surface area contributed by atoms with E-state index in [1.165, 1.54) is 11.1 Å². The summed E-state index contributed by atoms with van der Waals surface area (Å²) < 4.78 is 7.52. The molecule has 0 unspecified atom stereocenters. The molecule has 0 amide bonds. The van der Waals surface area contributed by atoms with E-state index in [2.05, 4.69) is 33.8 Å². The zero-order valence-corrected chi connectivity index (χ0v) is 14.7. The Hall–Kier alpha value is -2.50. The summed E-state index contributed by atoms with van der Waals surface area (Å²) in [4.78, 5) is 4.22. The van der Waals surface area contributed by atoms with Crippen LogP contribution >= 0.6 is 0 Å². The molecule has 0 atom stereocenters. The van der Waals surface area contributed by atoms with Gasteiger partial charge in [0.15, 0.2) is 5.96 Å². The molecule has 130 valence electrons. The van der Waals surface area contributed by atoms with Crippen molar-refractivity contribution in [2.75, 3.05) is 26.7 Å². The van der Waals surface area contributed by atoms with E-state index in [1.807, 2.05) is 42.2 Å². The molecule has 1 aromatic carbocycles. The van der Waals surface area contributed by atoms with Gasteiger partial charge >= 0.3 is 0 Å². The van der Waals surface area contributed by atoms with Gasteiger partial charge in [0, 0.05) is 26.8 Å². The Morgan fingerprint density at radius 2 is 1.96 bits per heavy atom. The Morgan fingerprint density at radius 1 is 1.21 bits per heavy atom. The summed E-state index contributed by atoms with van der Waals surface area (Å²) in [6.45, 7) is 4.23. The van der Waals surface area contributed by atoms with Crippen LogP contribution < -0.4 is 15.4 Å². The number of aromatic nitrogens is 2. The highest BCUT2D eigenvalue weighted by atomic mass is 16.5. The number of aliphatic imine (C=N–C) groups is 1. The van der Waals surface area contributed by atoms with Crippen molar-refractivity contribution in [2.45, 2.75) is 19.8 Å². The summed E-state index contributed by atoms with van der Waals surface area (Å²) in [5.74, 6) is 1.69. The number of nitrogens with one attached hydrogen (secondary N) is 2. The van der Waals surface area contributed by atoms with Crippen LogP contribution in [0.4, 0.5) is 0 Å². The Labute approximate surface area is 143 Å². The number of ether oxygens (including phenoxy) is 1. The fourth-order valence-corrected chi connectivity index (χ4v) is 2.29. The number of benzene rings is 1. The number of hydrogen-bond donors (Lipinski definition) is 2. The SMILES string of the molecule is CN=C(NCCCc1cnn(C)c1)NCCOc1ccc(C)cc1. The minimum absolute atomic E-state index is 0.597. The van der Waals surface area contributed by atoms with Crippen molar-refractivity contribution < 1.29 is 4.74 Å². The van der Waals surface area contributed by atoms with Gasteiger partial charge in [-0.05, 0) is 37.5 Å². The molecule has 0 radical (unpaired) electrons. The van der Waals surface area contributed by atoms with Gasteiger partial charge in [0.05, 0.1) is 12.7 Å². The second-order valence-corrected chi connectivity index (χ2v) is 5.71. The fourth-order valence-electron chi connectivity index (χ4n) is 2.29. The normalized spacial score (nSPS) is 11.4. The molecule has 0 aliphatic carbocycles. The molecule has 0 bridgehead atoms. The third-order valence-corrected chi connectivity index (χ3v) is 3.60. The average molecular weight is 329 g/mol. The first kappa shape index (κ1) is 17.8. The molecule has 0 aliphatic heterocycles. The maximum Gasteiger partial charge on any atom is 0.191 e. The lowest BCUT2D eigenvalue weighted by Crippen LogP contribution is -2.39. The minimum atomic E-state index is 0.597. The predicted octanol–water partition coefficient (Wildman–Crippen LogP) is 1.91. The largest absolute Gasteiger partial charge is 0.492 e. The molecule has 0 aliphatic rings. The maximum absolute atomic E-state index is 5.69. The molecular weight excluding hydrogens is 302 g/mol. The number of aryl methyl sites for hydroxylation is 3. The molecule has 6 heteroatoms. The molecule has 0 saturated carbocycles. The van der Waals surface area contributed by atoms with Crippen molar-refractivity contribution in [1.29, 1.82) is 0 Å². The average Bonchev–Trinajstić information content (AvgIpc) is 3.00. The summed E-state index contributed by atoms with van der Waals surface area (Å²) in [5.41, 5.74) is 2.49. The van der Waals surface area contributed by atoms with E-state index in [4.69, 9.17) is 4.74 Å². The highest BCUT2D eigenvalue weighted by molar-refractivity contribution is 5.79. The van der Waals surface area contributed by atoms with Crippen molar-refractivity contribution in [3.63, 3.8) is 0 Å².